The standard InChI is InChI=1S/C12H15N3O2S/c1-15-12(13)11(7-14-15)10-5-3-4-9(6-10)8-18(2,16)17/h3-7H,8,13H2,1-2H3. The largest absolute Gasteiger partial charge is 0.383 e. The van der Waals surface area contributed by atoms with Crippen LogP contribution in [0.4, 0.5) is 5.82 Å². The molecule has 0 bridgehead atoms. The fourth-order valence-corrected chi connectivity index (χ4v) is 2.59. The number of benzene rings is 1. The van der Waals surface area contributed by atoms with Crippen LogP contribution in [0.15, 0.2) is 30.5 Å². The van der Waals surface area contributed by atoms with E-state index >= 15 is 0 Å². The van der Waals surface area contributed by atoms with E-state index in [0.717, 1.165) is 16.7 Å². The van der Waals surface area contributed by atoms with E-state index in [4.69, 9.17) is 5.73 Å². The van der Waals surface area contributed by atoms with Gasteiger partial charge in [0.15, 0.2) is 9.84 Å². The van der Waals surface area contributed by atoms with E-state index in [1.807, 2.05) is 18.2 Å². The highest BCUT2D eigenvalue weighted by Gasteiger charge is 2.09. The highest BCUT2D eigenvalue weighted by molar-refractivity contribution is 7.89. The Morgan fingerprint density at radius 2 is 2.11 bits per heavy atom. The number of nitrogen functional groups attached to an aromatic ring is 1. The number of sulfone groups is 1. The topological polar surface area (TPSA) is 78.0 Å². The van der Waals surface area contributed by atoms with Gasteiger partial charge in [-0.3, -0.25) is 4.68 Å². The van der Waals surface area contributed by atoms with Crippen LogP contribution in [0.3, 0.4) is 0 Å². The maximum Gasteiger partial charge on any atom is 0.151 e. The number of aryl methyl sites for hydroxylation is 1. The van der Waals surface area contributed by atoms with E-state index in [1.165, 1.54) is 6.26 Å². The molecule has 0 saturated heterocycles. The van der Waals surface area contributed by atoms with Gasteiger partial charge in [-0.15, -0.1) is 0 Å². The van der Waals surface area contributed by atoms with E-state index < -0.39 is 9.84 Å². The molecule has 0 aliphatic carbocycles. The summed E-state index contributed by atoms with van der Waals surface area (Å²) in [6.45, 7) is 0. The predicted molar refractivity (Wildman–Crippen MR) is 71.6 cm³/mol. The molecule has 1 heterocycles. The molecular formula is C12H15N3O2S. The first-order valence-corrected chi connectivity index (χ1v) is 7.47. The normalized spacial score (nSPS) is 11.7. The Morgan fingerprint density at radius 3 is 2.67 bits per heavy atom. The van der Waals surface area contributed by atoms with E-state index in [-0.39, 0.29) is 5.75 Å². The minimum absolute atomic E-state index is 0.0288. The first-order valence-electron chi connectivity index (χ1n) is 5.41. The number of nitrogens with two attached hydrogens (primary N) is 1. The number of anilines is 1. The Hall–Kier alpha value is -1.82. The molecule has 1 aromatic carbocycles. The van der Waals surface area contributed by atoms with Crippen LogP contribution in [-0.2, 0) is 22.6 Å². The molecule has 5 nitrogen and oxygen atoms in total. The fourth-order valence-electron chi connectivity index (χ4n) is 1.80. The summed E-state index contributed by atoms with van der Waals surface area (Å²) in [5.41, 5.74) is 8.33. The minimum atomic E-state index is -3.03. The molecule has 0 radical (unpaired) electrons. The molecule has 0 aliphatic heterocycles. The highest BCUT2D eigenvalue weighted by atomic mass is 32.2. The van der Waals surface area contributed by atoms with E-state index in [2.05, 4.69) is 5.10 Å². The summed E-state index contributed by atoms with van der Waals surface area (Å²) < 4.78 is 24.1. The molecule has 0 amide bonds. The number of aromatic nitrogens is 2. The molecule has 2 rings (SSSR count). The Labute approximate surface area is 106 Å². The van der Waals surface area contributed by atoms with Crippen molar-refractivity contribution in [2.24, 2.45) is 7.05 Å². The van der Waals surface area contributed by atoms with Crippen LogP contribution in [0.2, 0.25) is 0 Å². The lowest BCUT2D eigenvalue weighted by Crippen LogP contribution is -2.01. The molecule has 0 aliphatic rings. The Morgan fingerprint density at radius 1 is 1.39 bits per heavy atom. The second-order valence-electron chi connectivity index (χ2n) is 4.34. The molecule has 1 aromatic heterocycles. The second-order valence-corrected chi connectivity index (χ2v) is 6.48. The van der Waals surface area contributed by atoms with Gasteiger partial charge in [-0.25, -0.2) is 8.42 Å². The molecule has 6 heteroatoms. The quantitative estimate of drug-likeness (QED) is 0.905. The molecule has 2 aromatic rings. The third-order valence-electron chi connectivity index (χ3n) is 2.65. The summed E-state index contributed by atoms with van der Waals surface area (Å²) in [4.78, 5) is 0. The zero-order valence-electron chi connectivity index (χ0n) is 10.3. The third kappa shape index (κ3) is 2.70. The van der Waals surface area contributed by atoms with Crippen molar-refractivity contribution in [3.8, 4) is 11.1 Å². The summed E-state index contributed by atoms with van der Waals surface area (Å²) in [5, 5.41) is 4.07. The van der Waals surface area contributed by atoms with Crippen molar-refractivity contribution in [1.82, 2.24) is 9.78 Å². The molecule has 2 N–H and O–H groups in total. The van der Waals surface area contributed by atoms with Gasteiger partial charge in [-0.1, -0.05) is 18.2 Å². The lowest BCUT2D eigenvalue weighted by Gasteiger charge is -2.04. The first-order chi connectivity index (χ1) is 8.37. The Bertz CT molecular complexity index is 674. The van der Waals surface area contributed by atoms with Crippen LogP contribution >= 0.6 is 0 Å². The van der Waals surface area contributed by atoms with Crippen molar-refractivity contribution in [3.05, 3.63) is 36.0 Å². The van der Waals surface area contributed by atoms with E-state index in [1.54, 1.807) is 24.0 Å². The van der Waals surface area contributed by atoms with Crippen LogP contribution in [0.1, 0.15) is 5.56 Å². The van der Waals surface area contributed by atoms with Crippen molar-refractivity contribution in [2.45, 2.75) is 5.75 Å². The number of nitrogens with zero attached hydrogens (tertiary/aromatic N) is 2. The average Bonchev–Trinajstić information content (AvgIpc) is 2.58. The van der Waals surface area contributed by atoms with Gasteiger partial charge in [0.1, 0.15) is 5.82 Å². The highest BCUT2D eigenvalue weighted by Crippen LogP contribution is 2.26. The zero-order chi connectivity index (χ0) is 13.3. The van der Waals surface area contributed by atoms with Gasteiger partial charge in [0.2, 0.25) is 0 Å². The van der Waals surface area contributed by atoms with Crippen LogP contribution in [0, 0.1) is 0 Å². The number of hydrogen-bond acceptors (Lipinski definition) is 4. The SMILES string of the molecule is Cn1ncc(-c2cccc(CS(C)(=O)=O)c2)c1N. The summed E-state index contributed by atoms with van der Waals surface area (Å²) in [5.74, 6) is 0.590. The minimum Gasteiger partial charge on any atom is -0.383 e. The van der Waals surface area contributed by atoms with E-state index in [9.17, 15) is 8.42 Å². The van der Waals surface area contributed by atoms with Crippen molar-refractivity contribution in [3.63, 3.8) is 0 Å². The molecule has 0 spiro atoms. The monoisotopic (exact) mass is 265 g/mol. The fraction of sp³-hybridized carbons (Fsp3) is 0.250. The van der Waals surface area contributed by atoms with Gasteiger partial charge in [0, 0.05) is 18.9 Å². The first kappa shape index (κ1) is 12.6. The van der Waals surface area contributed by atoms with Gasteiger partial charge in [0.05, 0.1) is 11.9 Å². The Balaban J connectivity index is 2.42. The van der Waals surface area contributed by atoms with E-state index in [0.29, 0.717) is 5.82 Å². The number of hydrogen-bond donors (Lipinski definition) is 1. The molecule has 0 fully saturated rings. The molecule has 0 atom stereocenters. The van der Waals surface area contributed by atoms with Crippen LogP contribution < -0.4 is 5.73 Å². The lowest BCUT2D eigenvalue weighted by molar-refractivity contribution is 0.601. The average molecular weight is 265 g/mol. The van der Waals surface area contributed by atoms with Gasteiger partial charge < -0.3 is 5.73 Å². The maximum atomic E-state index is 11.3. The summed E-state index contributed by atoms with van der Waals surface area (Å²) >= 11 is 0. The summed E-state index contributed by atoms with van der Waals surface area (Å²) in [6.07, 6.45) is 2.90. The molecule has 0 saturated carbocycles. The molecular weight excluding hydrogens is 250 g/mol. The van der Waals surface area contributed by atoms with Crippen molar-refractivity contribution >= 4 is 15.7 Å². The second kappa shape index (κ2) is 4.45. The molecule has 96 valence electrons. The Kier molecular flexibility index (Phi) is 3.13. The lowest BCUT2D eigenvalue weighted by atomic mass is 10.1. The molecule has 18 heavy (non-hydrogen) atoms. The van der Waals surface area contributed by atoms with Gasteiger partial charge in [-0.2, -0.15) is 5.10 Å². The predicted octanol–water partition coefficient (Wildman–Crippen LogP) is 1.21. The number of rotatable bonds is 3. The van der Waals surface area contributed by atoms with Crippen LogP contribution in [-0.4, -0.2) is 24.5 Å². The third-order valence-corrected chi connectivity index (χ3v) is 3.51. The van der Waals surface area contributed by atoms with Crippen molar-refractivity contribution in [1.29, 1.82) is 0 Å². The molecule has 0 unspecified atom stereocenters. The van der Waals surface area contributed by atoms with Crippen LogP contribution in [0.5, 0.6) is 0 Å². The van der Waals surface area contributed by atoms with Gasteiger partial charge in [0.25, 0.3) is 0 Å². The van der Waals surface area contributed by atoms with Crippen molar-refractivity contribution < 1.29 is 8.42 Å². The maximum absolute atomic E-state index is 11.3. The zero-order valence-corrected chi connectivity index (χ0v) is 11.1. The smallest absolute Gasteiger partial charge is 0.151 e. The van der Waals surface area contributed by atoms with Crippen LogP contribution in [0.25, 0.3) is 11.1 Å². The van der Waals surface area contributed by atoms with Crippen molar-refractivity contribution in [2.75, 3.05) is 12.0 Å². The summed E-state index contributed by atoms with van der Waals surface area (Å²) in [6, 6.07) is 7.33. The summed E-state index contributed by atoms with van der Waals surface area (Å²) in [7, 11) is -1.27. The van der Waals surface area contributed by atoms with Gasteiger partial charge >= 0.3 is 0 Å². The van der Waals surface area contributed by atoms with Gasteiger partial charge in [-0.05, 0) is 17.2 Å².